The van der Waals surface area contributed by atoms with Gasteiger partial charge in [-0.2, -0.15) is 0 Å². The van der Waals surface area contributed by atoms with Crippen LogP contribution in [0.3, 0.4) is 0 Å². The fourth-order valence-electron chi connectivity index (χ4n) is 2.13. The highest BCUT2D eigenvalue weighted by Crippen LogP contribution is 2.21. The van der Waals surface area contributed by atoms with Crippen molar-refractivity contribution in [3.8, 4) is 0 Å². The van der Waals surface area contributed by atoms with Gasteiger partial charge in [-0.25, -0.2) is 0 Å². The summed E-state index contributed by atoms with van der Waals surface area (Å²) in [4.78, 5) is 12.5. The van der Waals surface area contributed by atoms with Gasteiger partial charge in [0, 0.05) is 12.6 Å². The molecule has 0 bridgehead atoms. The Morgan fingerprint density at radius 1 is 1.47 bits per heavy atom. The number of hydrogen-bond donors (Lipinski definition) is 1. The highest BCUT2D eigenvalue weighted by Gasteiger charge is 2.24. The number of nitrogens with zero attached hydrogens (tertiary/aromatic N) is 1. The molecule has 2 rings (SSSR count). The molecule has 0 radical (unpaired) electrons. The number of aliphatic hydroxyl groups is 1. The van der Waals surface area contributed by atoms with Gasteiger partial charge >= 0.3 is 0 Å². The Bertz CT molecular complexity index is 356. The summed E-state index contributed by atoms with van der Waals surface area (Å²) in [6.45, 7) is 0.877. The second kappa shape index (κ2) is 4.60. The van der Waals surface area contributed by atoms with Crippen LogP contribution in [0.4, 0.5) is 0 Å². The zero-order valence-electron chi connectivity index (χ0n) is 8.60. The van der Waals surface area contributed by atoms with E-state index in [1.54, 1.807) is 0 Å². The summed E-state index contributed by atoms with van der Waals surface area (Å²) in [5, 5.41) is 9.26. The molecular weight excluding hydrogens is 189 g/mol. The minimum Gasteiger partial charge on any atom is -0.395 e. The Balaban J connectivity index is 2.22. The Labute approximate surface area is 90.0 Å². The molecule has 0 aromatic heterocycles. The molecule has 1 atom stereocenters. The highest BCUT2D eigenvalue weighted by molar-refractivity contribution is 6.64. The summed E-state index contributed by atoms with van der Waals surface area (Å²) in [5.41, 5.74) is 2.56. The topological polar surface area (TPSA) is 40.5 Å². The summed E-state index contributed by atoms with van der Waals surface area (Å²) in [6, 6.07) is 8.29. The average Bonchev–Trinajstić information content (AvgIpc) is 2.28. The molecule has 1 aromatic carbocycles. The minimum atomic E-state index is 0.0881. The first-order chi connectivity index (χ1) is 7.35. The van der Waals surface area contributed by atoms with Crippen molar-refractivity contribution in [1.82, 2.24) is 4.81 Å². The molecule has 1 aliphatic heterocycles. The maximum atomic E-state index is 10.5. The molecule has 1 heterocycles. The van der Waals surface area contributed by atoms with Gasteiger partial charge in [0.1, 0.15) is 0 Å². The first-order valence-corrected chi connectivity index (χ1v) is 5.20. The van der Waals surface area contributed by atoms with Crippen LogP contribution in [0.25, 0.3) is 0 Å². The van der Waals surface area contributed by atoms with E-state index in [-0.39, 0.29) is 12.6 Å². The van der Waals surface area contributed by atoms with Crippen LogP contribution < -0.4 is 0 Å². The number of hydrogen-bond acceptors (Lipinski definition) is 3. The number of benzene rings is 1. The maximum absolute atomic E-state index is 10.5. The van der Waals surface area contributed by atoms with Gasteiger partial charge in [0.2, 0.25) is 0 Å². The standard InChI is InChI=1S/C11H14BNO2/c14-7-11-5-9-3-1-2-4-10(9)6-13(11)12-8-15/h1-4,8,11-12,14H,5-7H2/t11-/m0/s1. The van der Waals surface area contributed by atoms with E-state index in [2.05, 4.69) is 12.1 Å². The van der Waals surface area contributed by atoms with Crippen LogP contribution in [0.1, 0.15) is 11.1 Å². The van der Waals surface area contributed by atoms with E-state index in [0.717, 1.165) is 19.2 Å². The highest BCUT2D eigenvalue weighted by atomic mass is 16.3. The Hall–Kier alpha value is -1.13. The monoisotopic (exact) mass is 203 g/mol. The van der Waals surface area contributed by atoms with Gasteiger partial charge in [0.05, 0.1) is 12.8 Å². The van der Waals surface area contributed by atoms with Gasteiger partial charge in [-0.05, 0) is 17.5 Å². The molecule has 0 saturated heterocycles. The van der Waals surface area contributed by atoms with Crippen molar-refractivity contribution in [2.75, 3.05) is 6.61 Å². The molecule has 0 amide bonds. The number of rotatable bonds is 3. The van der Waals surface area contributed by atoms with E-state index in [1.165, 1.54) is 11.1 Å². The van der Waals surface area contributed by atoms with Crippen molar-refractivity contribution in [2.45, 2.75) is 19.0 Å². The largest absolute Gasteiger partial charge is 0.395 e. The zero-order valence-corrected chi connectivity index (χ0v) is 8.60. The minimum absolute atomic E-state index is 0.0881. The summed E-state index contributed by atoms with van der Waals surface area (Å²) >= 11 is 0. The Kier molecular flexibility index (Phi) is 3.19. The Morgan fingerprint density at radius 2 is 2.20 bits per heavy atom. The van der Waals surface area contributed by atoms with Crippen LogP contribution in [-0.2, 0) is 17.8 Å². The van der Waals surface area contributed by atoms with Crippen molar-refractivity contribution < 1.29 is 9.90 Å². The molecule has 4 heteroatoms. The van der Waals surface area contributed by atoms with E-state index >= 15 is 0 Å². The van der Waals surface area contributed by atoms with Crippen molar-refractivity contribution in [1.29, 1.82) is 0 Å². The van der Waals surface area contributed by atoms with E-state index in [9.17, 15) is 9.90 Å². The third-order valence-corrected chi connectivity index (χ3v) is 2.98. The predicted octanol–water partition coefficient (Wildman–Crippen LogP) is -0.0527. The van der Waals surface area contributed by atoms with E-state index in [1.807, 2.05) is 16.9 Å². The van der Waals surface area contributed by atoms with Gasteiger partial charge in [0.25, 0.3) is 7.41 Å². The van der Waals surface area contributed by atoms with Crippen LogP contribution >= 0.6 is 0 Å². The van der Waals surface area contributed by atoms with E-state index in [4.69, 9.17) is 0 Å². The second-order valence-corrected chi connectivity index (χ2v) is 3.91. The summed E-state index contributed by atoms with van der Waals surface area (Å²) in [6.07, 6.45) is 1.73. The molecular formula is C11H14BNO2. The fraction of sp³-hybridized carbons (Fsp3) is 0.364. The van der Waals surface area contributed by atoms with Crippen molar-refractivity contribution in [2.24, 2.45) is 0 Å². The number of carbonyl (C=O) groups is 1. The molecule has 0 unspecified atom stereocenters. The van der Waals surface area contributed by atoms with Gasteiger partial charge in [-0.15, -0.1) is 0 Å². The van der Waals surface area contributed by atoms with Gasteiger partial charge < -0.3 is 14.7 Å². The van der Waals surface area contributed by atoms with Crippen LogP contribution in [0.15, 0.2) is 24.3 Å². The summed E-state index contributed by atoms with van der Waals surface area (Å²) < 4.78 is 0. The van der Waals surface area contributed by atoms with Crippen LogP contribution in [0.5, 0.6) is 0 Å². The maximum Gasteiger partial charge on any atom is 0.281 e. The number of carbonyl (C=O) groups excluding carboxylic acids is 1. The molecule has 15 heavy (non-hydrogen) atoms. The summed E-state index contributed by atoms with van der Waals surface area (Å²) in [7, 11) is 0.402. The third-order valence-electron chi connectivity index (χ3n) is 2.98. The van der Waals surface area contributed by atoms with Crippen molar-refractivity contribution in [3.05, 3.63) is 35.4 Å². The molecule has 0 aliphatic carbocycles. The molecule has 0 saturated carbocycles. The molecule has 0 fully saturated rings. The molecule has 1 N–H and O–H groups in total. The second-order valence-electron chi connectivity index (χ2n) is 3.91. The van der Waals surface area contributed by atoms with Crippen molar-refractivity contribution >= 4 is 13.6 Å². The zero-order chi connectivity index (χ0) is 10.7. The molecule has 0 spiro atoms. The lowest BCUT2D eigenvalue weighted by molar-refractivity contribution is 0.175. The molecule has 1 aliphatic rings. The van der Waals surface area contributed by atoms with Gasteiger partial charge in [-0.1, -0.05) is 24.3 Å². The first-order valence-electron chi connectivity index (χ1n) is 5.20. The SMILES string of the molecule is O=CBN1Cc2ccccc2C[C@H]1CO. The van der Waals surface area contributed by atoms with Crippen LogP contribution in [0.2, 0.25) is 0 Å². The van der Waals surface area contributed by atoms with E-state index < -0.39 is 0 Å². The first kappa shape index (κ1) is 10.4. The third kappa shape index (κ3) is 2.11. The molecule has 3 nitrogen and oxygen atoms in total. The molecule has 78 valence electrons. The Morgan fingerprint density at radius 3 is 2.87 bits per heavy atom. The van der Waals surface area contributed by atoms with Crippen LogP contribution in [-0.4, -0.2) is 36.2 Å². The summed E-state index contributed by atoms with van der Waals surface area (Å²) in [5.74, 6) is 0. The lowest BCUT2D eigenvalue weighted by atomic mass is 9.84. The smallest absolute Gasteiger partial charge is 0.281 e. The fourth-order valence-corrected chi connectivity index (χ4v) is 2.13. The number of fused-ring (bicyclic) bond motifs is 1. The predicted molar refractivity (Wildman–Crippen MR) is 60.5 cm³/mol. The molecule has 1 aromatic rings. The average molecular weight is 203 g/mol. The number of aliphatic hydroxyl groups excluding tert-OH is 1. The van der Waals surface area contributed by atoms with Gasteiger partial charge in [-0.3, -0.25) is 0 Å². The van der Waals surface area contributed by atoms with Crippen molar-refractivity contribution in [3.63, 3.8) is 0 Å². The van der Waals surface area contributed by atoms with Crippen LogP contribution in [0, 0.1) is 0 Å². The normalized spacial score (nSPS) is 20.7. The van der Waals surface area contributed by atoms with E-state index in [0.29, 0.717) is 7.41 Å². The van der Waals surface area contributed by atoms with Gasteiger partial charge in [0.15, 0.2) is 0 Å². The quantitative estimate of drug-likeness (QED) is 0.553. The lowest BCUT2D eigenvalue weighted by Gasteiger charge is -2.34. The lowest BCUT2D eigenvalue weighted by Crippen LogP contribution is -2.45.